The molecule has 6 heteroatoms. The van der Waals surface area contributed by atoms with E-state index in [0.717, 1.165) is 25.7 Å². The van der Waals surface area contributed by atoms with Crippen molar-refractivity contribution in [3.05, 3.63) is 0 Å². The minimum atomic E-state index is -0.530. The summed E-state index contributed by atoms with van der Waals surface area (Å²) < 4.78 is 5.05. The molecule has 3 N–H and O–H groups in total. The Labute approximate surface area is 166 Å². The molecule has 1 amide bonds. The number of halogens is 1. The van der Waals surface area contributed by atoms with Crippen LogP contribution in [0.3, 0.4) is 0 Å². The molecule has 5 nitrogen and oxygen atoms in total. The van der Waals surface area contributed by atoms with Crippen LogP contribution in [0.4, 0.5) is 0 Å². The van der Waals surface area contributed by atoms with E-state index in [1.54, 1.807) is 6.92 Å². The van der Waals surface area contributed by atoms with Gasteiger partial charge in [0.1, 0.15) is 6.04 Å². The lowest BCUT2D eigenvalue weighted by Crippen LogP contribution is -2.41. The third kappa shape index (κ3) is 16.6. The van der Waals surface area contributed by atoms with Gasteiger partial charge in [0.15, 0.2) is 0 Å². The molecule has 156 valence electrons. The lowest BCUT2D eigenvalue weighted by molar-refractivity contribution is -0.147. The molecule has 26 heavy (non-hydrogen) atoms. The lowest BCUT2D eigenvalue weighted by atomic mass is 10.1. The van der Waals surface area contributed by atoms with E-state index in [4.69, 9.17) is 10.5 Å². The topological polar surface area (TPSA) is 81.4 Å². The van der Waals surface area contributed by atoms with Gasteiger partial charge in [-0.15, -0.1) is 12.4 Å². The maximum atomic E-state index is 12.1. The summed E-state index contributed by atoms with van der Waals surface area (Å²) in [5.41, 5.74) is 5.49. The fraction of sp³-hybridized carbons (Fsp3) is 0.900. The van der Waals surface area contributed by atoms with Crippen molar-refractivity contribution in [2.45, 2.75) is 103 Å². The molecule has 0 fully saturated rings. The average molecular weight is 393 g/mol. The number of nitrogens with two attached hydrogens (primary N) is 1. The summed E-state index contributed by atoms with van der Waals surface area (Å²) in [7, 11) is 0. The van der Waals surface area contributed by atoms with Crippen molar-refractivity contribution in [2.24, 2.45) is 5.73 Å². The summed E-state index contributed by atoms with van der Waals surface area (Å²) in [5, 5.41) is 2.83. The Morgan fingerprint density at radius 3 is 2.00 bits per heavy atom. The van der Waals surface area contributed by atoms with E-state index in [1.165, 1.54) is 44.9 Å². The van der Waals surface area contributed by atoms with Crippen LogP contribution >= 0.6 is 12.4 Å². The Morgan fingerprint density at radius 1 is 0.885 bits per heavy atom. The predicted molar refractivity (Wildman–Crippen MR) is 111 cm³/mol. The maximum absolute atomic E-state index is 12.1. The number of carbonyl (C=O) groups is 2. The van der Waals surface area contributed by atoms with E-state index in [2.05, 4.69) is 12.2 Å². The Bertz CT molecular complexity index is 341. The summed E-state index contributed by atoms with van der Waals surface area (Å²) in [4.78, 5) is 24.0. The van der Waals surface area contributed by atoms with E-state index in [1.807, 2.05) is 0 Å². The van der Waals surface area contributed by atoms with E-state index in [9.17, 15) is 9.59 Å². The number of hydrogen-bond donors (Lipinski definition) is 2. The highest BCUT2D eigenvalue weighted by atomic mass is 35.5. The average Bonchev–Trinajstić information content (AvgIpc) is 2.59. The van der Waals surface area contributed by atoms with Crippen LogP contribution in [0.25, 0.3) is 0 Å². The fourth-order valence-corrected chi connectivity index (χ4v) is 2.85. The smallest absolute Gasteiger partial charge is 0.328 e. The number of ether oxygens (including phenoxy) is 1. The molecule has 0 spiro atoms. The second-order valence-electron chi connectivity index (χ2n) is 6.74. The molecule has 0 aromatic carbocycles. The highest BCUT2D eigenvalue weighted by Gasteiger charge is 2.21. The van der Waals surface area contributed by atoms with Gasteiger partial charge in [-0.25, -0.2) is 4.79 Å². The van der Waals surface area contributed by atoms with E-state index in [0.29, 0.717) is 26.0 Å². The summed E-state index contributed by atoms with van der Waals surface area (Å²) in [6.45, 7) is 4.94. The zero-order chi connectivity index (χ0) is 18.8. The number of amides is 1. The van der Waals surface area contributed by atoms with Gasteiger partial charge in [0.2, 0.25) is 5.91 Å². The van der Waals surface area contributed by atoms with Gasteiger partial charge >= 0.3 is 5.97 Å². The van der Waals surface area contributed by atoms with E-state index >= 15 is 0 Å². The molecular formula is C20H41ClN2O3. The second-order valence-corrected chi connectivity index (χ2v) is 6.74. The molecule has 0 heterocycles. The Balaban J connectivity index is 0. The Kier molecular flexibility index (Phi) is 21.6. The first-order valence-electron chi connectivity index (χ1n) is 10.3. The quantitative estimate of drug-likeness (QED) is 0.282. The van der Waals surface area contributed by atoms with E-state index in [-0.39, 0.29) is 24.3 Å². The van der Waals surface area contributed by atoms with Crippen molar-refractivity contribution >= 4 is 24.3 Å². The number of carbonyl (C=O) groups excluding carboxylic acids is 2. The summed E-state index contributed by atoms with van der Waals surface area (Å²) in [6.07, 6.45) is 13.8. The molecule has 0 aliphatic rings. The third-order valence-electron chi connectivity index (χ3n) is 4.36. The number of nitrogens with one attached hydrogen (secondary N) is 1. The molecule has 0 aromatic rings. The molecule has 1 atom stereocenters. The summed E-state index contributed by atoms with van der Waals surface area (Å²) in [6, 6.07) is -0.530. The monoisotopic (exact) mass is 392 g/mol. The predicted octanol–water partition coefficient (Wildman–Crippen LogP) is 4.51. The van der Waals surface area contributed by atoms with Gasteiger partial charge in [0, 0.05) is 6.42 Å². The molecule has 0 rings (SSSR count). The number of rotatable bonds is 17. The molecule has 0 radical (unpaired) electrons. The normalized spacial score (nSPS) is 11.5. The van der Waals surface area contributed by atoms with Gasteiger partial charge in [0.25, 0.3) is 0 Å². The first-order chi connectivity index (χ1) is 12.2. The SMILES string of the molecule is CCCCCCCCCCCC(=O)NC(CCCCN)C(=O)OCC.Cl. The molecule has 0 saturated carbocycles. The molecular weight excluding hydrogens is 352 g/mol. The molecule has 0 bridgehead atoms. The number of unbranched alkanes of at least 4 members (excludes halogenated alkanes) is 9. The fourth-order valence-electron chi connectivity index (χ4n) is 2.85. The summed E-state index contributed by atoms with van der Waals surface area (Å²) in [5.74, 6) is -0.381. The van der Waals surface area contributed by atoms with Crippen LogP contribution in [0.1, 0.15) is 97.3 Å². The van der Waals surface area contributed by atoms with Gasteiger partial charge in [-0.05, 0) is 39.2 Å². The van der Waals surface area contributed by atoms with Gasteiger partial charge < -0.3 is 15.8 Å². The van der Waals surface area contributed by atoms with Crippen LogP contribution in [-0.4, -0.2) is 31.1 Å². The van der Waals surface area contributed by atoms with Crippen molar-refractivity contribution in [3.8, 4) is 0 Å². The Hall–Kier alpha value is -0.810. The molecule has 0 aromatic heterocycles. The highest BCUT2D eigenvalue weighted by Crippen LogP contribution is 2.11. The highest BCUT2D eigenvalue weighted by molar-refractivity contribution is 5.85. The van der Waals surface area contributed by atoms with Gasteiger partial charge in [-0.2, -0.15) is 0 Å². The minimum absolute atomic E-state index is 0. The molecule has 1 unspecified atom stereocenters. The van der Waals surface area contributed by atoms with Crippen LogP contribution < -0.4 is 11.1 Å². The zero-order valence-corrected chi connectivity index (χ0v) is 17.7. The molecule has 0 aliphatic carbocycles. The van der Waals surface area contributed by atoms with Crippen molar-refractivity contribution in [1.29, 1.82) is 0 Å². The summed E-state index contributed by atoms with van der Waals surface area (Å²) >= 11 is 0. The first-order valence-corrected chi connectivity index (χ1v) is 10.3. The van der Waals surface area contributed by atoms with E-state index < -0.39 is 6.04 Å². The molecule has 0 aliphatic heterocycles. The number of esters is 1. The van der Waals surface area contributed by atoms with Crippen molar-refractivity contribution in [3.63, 3.8) is 0 Å². The van der Waals surface area contributed by atoms with Crippen LogP contribution in [0.15, 0.2) is 0 Å². The van der Waals surface area contributed by atoms with Crippen LogP contribution in [-0.2, 0) is 14.3 Å². The van der Waals surface area contributed by atoms with Gasteiger partial charge in [0.05, 0.1) is 6.61 Å². The number of hydrogen-bond acceptors (Lipinski definition) is 4. The zero-order valence-electron chi connectivity index (χ0n) is 16.9. The largest absolute Gasteiger partial charge is 0.464 e. The van der Waals surface area contributed by atoms with Crippen molar-refractivity contribution in [1.82, 2.24) is 5.32 Å². The molecule has 0 saturated heterocycles. The third-order valence-corrected chi connectivity index (χ3v) is 4.36. The second kappa shape index (κ2) is 20.5. The standard InChI is InChI=1S/C20H40N2O3.ClH/c1-3-5-6-7-8-9-10-11-12-16-19(23)22-18(15-13-14-17-21)20(24)25-4-2;/h18H,3-17,21H2,1-2H3,(H,22,23);1H. The van der Waals surface area contributed by atoms with Crippen LogP contribution in [0.5, 0.6) is 0 Å². The van der Waals surface area contributed by atoms with Crippen molar-refractivity contribution < 1.29 is 14.3 Å². The van der Waals surface area contributed by atoms with Crippen LogP contribution in [0, 0.1) is 0 Å². The first kappa shape index (κ1) is 27.4. The Morgan fingerprint density at radius 2 is 1.46 bits per heavy atom. The maximum Gasteiger partial charge on any atom is 0.328 e. The van der Waals surface area contributed by atoms with Gasteiger partial charge in [-0.1, -0.05) is 58.3 Å². The lowest BCUT2D eigenvalue weighted by Gasteiger charge is -2.17. The van der Waals surface area contributed by atoms with Crippen LogP contribution in [0.2, 0.25) is 0 Å². The van der Waals surface area contributed by atoms with Crippen molar-refractivity contribution in [2.75, 3.05) is 13.2 Å². The van der Waals surface area contributed by atoms with Gasteiger partial charge in [-0.3, -0.25) is 4.79 Å². The minimum Gasteiger partial charge on any atom is -0.464 e.